The minimum Gasteiger partial charge on any atom is -0.383 e. The van der Waals surface area contributed by atoms with Crippen LogP contribution in [0.1, 0.15) is 5.56 Å². The average Bonchev–Trinajstić information content (AvgIpc) is 2.82. The molecule has 0 spiro atoms. The van der Waals surface area contributed by atoms with Gasteiger partial charge in [0.25, 0.3) is 0 Å². The van der Waals surface area contributed by atoms with Crippen molar-refractivity contribution >= 4 is 28.2 Å². The van der Waals surface area contributed by atoms with Crippen LogP contribution in [0.5, 0.6) is 0 Å². The zero-order valence-electron chi connectivity index (χ0n) is 11.3. The molecular formula is C14H18FN3OS. The standard InChI is InChI=1S/C14H18FN3OS/c1-19-7-6-17-14(20)16-5-4-10-9-18-13-3-2-11(15)8-12(10)13/h2-3,8-9,18H,4-7H2,1H3,(H2,16,17,20). The zero-order chi connectivity index (χ0) is 14.4. The van der Waals surface area contributed by atoms with Gasteiger partial charge in [0.05, 0.1) is 6.61 Å². The molecule has 0 fully saturated rings. The first-order valence-corrected chi connectivity index (χ1v) is 6.87. The molecule has 0 saturated carbocycles. The van der Waals surface area contributed by atoms with Crippen LogP contribution in [0.2, 0.25) is 0 Å². The number of hydrogen-bond acceptors (Lipinski definition) is 2. The van der Waals surface area contributed by atoms with Crippen LogP contribution in [0.4, 0.5) is 4.39 Å². The predicted molar refractivity (Wildman–Crippen MR) is 82.4 cm³/mol. The van der Waals surface area contributed by atoms with E-state index in [1.165, 1.54) is 6.07 Å². The number of ether oxygens (including phenoxy) is 1. The molecule has 0 atom stereocenters. The lowest BCUT2D eigenvalue weighted by Crippen LogP contribution is -2.37. The van der Waals surface area contributed by atoms with Gasteiger partial charge >= 0.3 is 0 Å². The maximum atomic E-state index is 13.2. The van der Waals surface area contributed by atoms with Crippen LogP contribution in [0.25, 0.3) is 10.9 Å². The quantitative estimate of drug-likeness (QED) is 0.563. The van der Waals surface area contributed by atoms with Crippen molar-refractivity contribution < 1.29 is 9.13 Å². The Kier molecular flexibility index (Phi) is 5.31. The highest BCUT2D eigenvalue weighted by molar-refractivity contribution is 7.80. The summed E-state index contributed by atoms with van der Waals surface area (Å²) < 4.78 is 18.2. The topological polar surface area (TPSA) is 49.1 Å². The molecule has 0 bridgehead atoms. The number of H-pyrrole nitrogens is 1. The normalized spacial score (nSPS) is 10.7. The highest BCUT2D eigenvalue weighted by Gasteiger charge is 2.05. The molecule has 0 unspecified atom stereocenters. The fourth-order valence-corrected chi connectivity index (χ4v) is 2.20. The Morgan fingerprint density at radius 1 is 1.35 bits per heavy atom. The van der Waals surface area contributed by atoms with E-state index < -0.39 is 0 Å². The van der Waals surface area contributed by atoms with Crippen molar-refractivity contribution in [3.63, 3.8) is 0 Å². The molecule has 1 heterocycles. The number of halogens is 1. The van der Waals surface area contributed by atoms with E-state index in [2.05, 4.69) is 15.6 Å². The van der Waals surface area contributed by atoms with Gasteiger partial charge in [-0.2, -0.15) is 0 Å². The molecule has 0 saturated heterocycles. The first-order valence-electron chi connectivity index (χ1n) is 6.47. The number of aromatic nitrogens is 1. The SMILES string of the molecule is COCCNC(=S)NCCc1c[nH]c2ccc(F)cc12. The van der Waals surface area contributed by atoms with Gasteiger partial charge in [-0.1, -0.05) is 0 Å². The maximum absolute atomic E-state index is 13.2. The van der Waals surface area contributed by atoms with Gasteiger partial charge in [-0.25, -0.2) is 4.39 Å². The van der Waals surface area contributed by atoms with E-state index in [1.807, 2.05) is 6.20 Å². The second-order valence-electron chi connectivity index (χ2n) is 4.43. The Bertz CT molecular complexity index is 585. The Labute approximate surface area is 122 Å². The zero-order valence-corrected chi connectivity index (χ0v) is 12.1. The number of benzene rings is 1. The third-order valence-corrected chi connectivity index (χ3v) is 3.29. The summed E-state index contributed by atoms with van der Waals surface area (Å²) in [5.74, 6) is -0.219. The predicted octanol–water partition coefficient (Wildman–Crippen LogP) is 1.96. The molecule has 108 valence electrons. The van der Waals surface area contributed by atoms with Crippen molar-refractivity contribution in [1.29, 1.82) is 0 Å². The van der Waals surface area contributed by atoms with Gasteiger partial charge < -0.3 is 20.4 Å². The smallest absolute Gasteiger partial charge is 0.166 e. The molecule has 2 aromatic rings. The maximum Gasteiger partial charge on any atom is 0.166 e. The Hall–Kier alpha value is -1.66. The van der Waals surface area contributed by atoms with Gasteiger partial charge in [0, 0.05) is 37.3 Å². The van der Waals surface area contributed by atoms with E-state index in [0.29, 0.717) is 24.8 Å². The van der Waals surface area contributed by atoms with Crippen molar-refractivity contribution in [2.24, 2.45) is 0 Å². The molecule has 0 aliphatic heterocycles. The van der Waals surface area contributed by atoms with Crippen LogP contribution in [0.15, 0.2) is 24.4 Å². The van der Waals surface area contributed by atoms with Crippen molar-refractivity contribution in [2.45, 2.75) is 6.42 Å². The number of thiocarbonyl (C=S) groups is 1. The summed E-state index contributed by atoms with van der Waals surface area (Å²) in [5, 5.41) is 7.68. The third-order valence-electron chi connectivity index (χ3n) is 3.00. The van der Waals surface area contributed by atoms with Gasteiger partial charge in [0.15, 0.2) is 5.11 Å². The van der Waals surface area contributed by atoms with Gasteiger partial charge in [0.2, 0.25) is 0 Å². The highest BCUT2D eigenvalue weighted by Crippen LogP contribution is 2.19. The molecule has 0 radical (unpaired) electrons. The van der Waals surface area contributed by atoms with E-state index in [1.54, 1.807) is 19.2 Å². The largest absolute Gasteiger partial charge is 0.383 e. The first-order chi connectivity index (χ1) is 9.70. The lowest BCUT2D eigenvalue weighted by Gasteiger charge is -2.09. The fraction of sp³-hybridized carbons (Fsp3) is 0.357. The van der Waals surface area contributed by atoms with Crippen LogP contribution in [-0.4, -0.2) is 36.9 Å². The van der Waals surface area contributed by atoms with Crippen LogP contribution in [0, 0.1) is 5.82 Å². The number of fused-ring (bicyclic) bond motifs is 1. The van der Waals surface area contributed by atoms with E-state index >= 15 is 0 Å². The van der Waals surface area contributed by atoms with Crippen molar-refractivity contribution in [2.75, 3.05) is 26.8 Å². The number of methoxy groups -OCH3 is 1. The van der Waals surface area contributed by atoms with Crippen molar-refractivity contribution in [3.8, 4) is 0 Å². The number of nitrogens with one attached hydrogen (secondary N) is 3. The minimum atomic E-state index is -0.219. The van der Waals surface area contributed by atoms with Gasteiger partial charge in [-0.3, -0.25) is 0 Å². The summed E-state index contributed by atoms with van der Waals surface area (Å²) in [7, 11) is 1.65. The second kappa shape index (κ2) is 7.21. The summed E-state index contributed by atoms with van der Waals surface area (Å²) in [6.07, 6.45) is 2.68. The lowest BCUT2D eigenvalue weighted by atomic mass is 10.1. The molecule has 0 aliphatic rings. The van der Waals surface area contributed by atoms with Crippen LogP contribution < -0.4 is 10.6 Å². The van der Waals surface area contributed by atoms with Gasteiger partial charge in [0.1, 0.15) is 5.82 Å². The Morgan fingerprint density at radius 2 is 2.15 bits per heavy atom. The number of hydrogen-bond donors (Lipinski definition) is 3. The first kappa shape index (κ1) is 14.7. The summed E-state index contributed by atoms with van der Waals surface area (Å²) in [6.45, 7) is 1.99. The van der Waals surface area contributed by atoms with Crippen molar-refractivity contribution in [1.82, 2.24) is 15.6 Å². The molecule has 1 aromatic heterocycles. The van der Waals surface area contributed by atoms with Crippen LogP contribution in [-0.2, 0) is 11.2 Å². The molecule has 6 heteroatoms. The molecule has 3 N–H and O–H groups in total. The average molecular weight is 295 g/mol. The highest BCUT2D eigenvalue weighted by atomic mass is 32.1. The monoisotopic (exact) mass is 295 g/mol. The van der Waals surface area contributed by atoms with E-state index in [0.717, 1.165) is 22.9 Å². The second-order valence-corrected chi connectivity index (χ2v) is 4.84. The molecule has 4 nitrogen and oxygen atoms in total. The fourth-order valence-electron chi connectivity index (χ4n) is 2.00. The molecule has 1 aromatic carbocycles. The Morgan fingerprint density at radius 3 is 2.95 bits per heavy atom. The molecule has 20 heavy (non-hydrogen) atoms. The third kappa shape index (κ3) is 3.91. The molecule has 0 amide bonds. The van der Waals surface area contributed by atoms with Crippen molar-refractivity contribution in [3.05, 3.63) is 35.8 Å². The van der Waals surface area contributed by atoms with Crippen LogP contribution >= 0.6 is 12.2 Å². The van der Waals surface area contributed by atoms with Gasteiger partial charge in [-0.05, 0) is 42.4 Å². The Balaban J connectivity index is 1.84. The summed E-state index contributed by atoms with van der Waals surface area (Å²) in [5.41, 5.74) is 2.02. The number of rotatable bonds is 6. The summed E-state index contributed by atoms with van der Waals surface area (Å²) in [4.78, 5) is 3.14. The van der Waals surface area contributed by atoms with Gasteiger partial charge in [-0.15, -0.1) is 0 Å². The summed E-state index contributed by atoms with van der Waals surface area (Å²) in [6, 6.07) is 4.75. The molecule has 2 rings (SSSR count). The number of aromatic amines is 1. The molecular weight excluding hydrogens is 277 g/mol. The van der Waals surface area contributed by atoms with E-state index in [9.17, 15) is 4.39 Å². The van der Waals surface area contributed by atoms with E-state index in [4.69, 9.17) is 17.0 Å². The van der Waals surface area contributed by atoms with Crippen LogP contribution in [0.3, 0.4) is 0 Å². The minimum absolute atomic E-state index is 0.219. The lowest BCUT2D eigenvalue weighted by molar-refractivity contribution is 0.204. The molecule has 0 aliphatic carbocycles. The van der Waals surface area contributed by atoms with E-state index in [-0.39, 0.29) is 5.82 Å². The summed E-state index contributed by atoms with van der Waals surface area (Å²) >= 11 is 5.13.